The van der Waals surface area contributed by atoms with Crippen molar-refractivity contribution in [2.75, 3.05) is 6.61 Å². The average molecular weight is 207 g/mol. The van der Waals surface area contributed by atoms with E-state index < -0.39 is 0 Å². The number of rotatable bonds is 3. The lowest BCUT2D eigenvalue weighted by Crippen LogP contribution is -2.21. The molecule has 0 bridgehead atoms. The van der Waals surface area contributed by atoms with Crippen molar-refractivity contribution >= 4 is 5.52 Å². The van der Waals surface area contributed by atoms with Crippen molar-refractivity contribution in [2.24, 2.45) is 0 Å². The summed E-state index contributed by atoms with van der Waals surface area (Å²) in [6.07, 6.45) is 4.03. The minimum Gasteiger partial charge on any atom is -0.396 e. The van der Waals surface area contributed by atoms with Crippen LogP contribution in [0.15, 0.2) is 23.3 Å². The quantitative estimate of drug-likeness (QED) is 0.781. The third kappa shape index (κ3) is 1.78. The maximum absolute atomic E-state index is 11.9. The molecule has 2 aromatic rings. The molecule has 1 N–H and O–H groups in total. The number of fused-ring (bicyclic) bond motifs is 1. The summed E-state index contributed by atoms with van der Waals surface area (Å²) in [4.78, 5) is 11.9. The van der Waals surface area contributed by atoms with Gasteiger partial charge in [-0.25, -0.2) is 4.52 Å². The minimum atomic E-state index is -0.0634. The van der Waals surface area contributed by atoms with Crippen molar-refractivity contribution in [1.82, 2.24) is 14.2 Å². The number of aromatic nitrogens is 3. The Morgan fingerprint density at radius 2 is 2.27 bits per heavy atom. The fourth-order valence-corrected chi connectivity index (χ4v) is 1.57. The van der Waals surface area contributed by atoms with E-state index in [0.29, 0.717) is 18.5 Å². The van der Waals surface area contributed by atoms with Crippen LogP contribution in [0.5, 0.6) is 0 Å². The number of nitrogens with zero attached hydrogens (tertiary/aromatic N) is 3. The van der Waals surface area contributed by atoms with Crippen LogP contribution in [-0.2, 0) is 6.54 Å². The summed E-state index contributed by atoms with van der Waals surface area (Å²) in [5.41, 5.74) is 1.34. The highest BCUT2D eigenvalue weighted by molar-refractivity contribution is 5.44. The van der Waals surface area contributed by atoms with Crippen LogP contribution in [0.3, 0.4) is 0 Å². The Morgan fingerprint density at radius 1 is 1.47 bits per heavy atom. The third-order valence-corrected chi connectivity index (χ3v) is 2.28. The van der Waals surface area contributed by atoms with Gasteiger partial charge in [-0.15, -0.1) is 0 Å². The maximum atomic E-state index is 11.9. The van der Waals surface area contributed by atoms with Crippen LogP contribution in [0, 0.1) is 6.92 Å². The molecule has 0 saturated heterocycles. The number of hydrogen-bond acceptors (Lipinski definition) is 3. The molecule has 0 atom stereocenters. The van der Waals surface area contributed by atoms with Crippen molar-refractivity contribution in [3.05, 3.63) is 34.5 Å². The number of aliphatic hydroxyl groups is 1. The first kappa shape index (κ1) is 9.92. The zero-order valence-corrected chi connectivity index (χ0v) is 8.55. The Morgan fingerprint density at radius 3 is 3.00 bits per heavy atom. The molecule has 0 aliphatic carbocycles. The van der Waals surface area contributed by atoms with Crippen molar-refractivity contribution in [2.45, 2.75) is 19.9 Å². The molecule has 5 nitrogen and oxygen atoms in total. The molecule has 0 saturated carbocycles. The molecule has 0 fully saturated rings. The molecule has 5 heteroatoms. The first-order valence-electron chi connectivity index (χ1n) is 4.88. The van der Waals surface area contributed by atoms with Crippen LogP contribution < -0.4 is 5.56 Å². The van der Waals surface area contributed by atoms with E-state index >= 15 is 0 Å². The van der Waals surface area contributed by atoms with Gasteiger partial charge in [-0.3, -0.25) is 4.79 Å². The summed E-state index contributed by atoms with van der Waals surface area (Å²) >= 11 is 0. The SMILES string of the molecule is Cc1cc2c(=O)n(CCCO)ccn2n1. The molecule has 0 aliphatic rings. The second-order valence-corrected chi connectivity index (χ2v) is 3.49. The maximum Gasteiger partial charge on any atom is 0.276 e. The zero-order valence-electron chi connectivity index (χ0n) is 8.55. The van der Waals surface area contributed by atoms with Crippen LogP contribution in [-0.4, -0.2) is 25.9 Å². The van der Waals surface area contributed by atoms with E-state index in [4.69, 9.17) is 5.11 Å². The Labute approximate surface area is 86.6 Å². The molecule has 0 aliphatic heterocycles. The summed E-state index contributed by atoms with van der Waals surface area (Å²) in [5.74, 6) is 0. The van der Waals surface area contributed by atoms with Gasteiger partial charge in [0.15, 0.2) is 0 Å². The van der Waals surface area contributed by atoms with E-state index in [1.165, 1.54) is 0 Å². The smallest absolute Gasteiger partial charge is 0.276 e. The second kappa shape index (κ2) is 3.86. The highest BCUT2D eigenvalue weighted by atomic mass is 16.3. The van der Waals surface area contributed by atoms with Gasteiger partial charge < -0.3 is 9.67 Å². The van der Waals surface area contributed by atoms with Crippen molar-refractivity contribution in [3.8, 4) is 0 Å². The Hall–Kier alpha value is -1.62. The van der Waals surface area contributed by atoms with Gasteiger partial charge >= 0.3 is 0 Å². The van der Waals surface area contributed by atoms with Gasteiger partial charge in [0.25, 0.3) is 5.56 Å². The molecule has 2 aromatic heterocycles. The molecule has 0 aromatic carbocycles. The summed E-state index contributed by atoms with van der Waals surface area (Å²) < 4.78 is 3.17. The molecule has 2 rings (SSSR count). The number of aryl methyl sites for hydroxylation is 2. The van der Waals surface area contributed by atoms with Crippen LogP contribution in [0.1, 0.15) is 12.1 Å². The van der Waals surface area contributed by atoms with Gasteiger partial charge in [0.1, 0.15) is 5.52 Å². The first-order valence-corrected chi connectivity index (χ1v) is 4.88. The highest BCUT2D eigenvalue weighted by Gasteiger charge is 2.04. The van der Waals surface area contributed by atoms with Crippen molar-refractivity contribution in [3.63, 3.8) is 0 Å². The first-order chi connectivity index (χ1) is 7.22. The molecule has 2 heterocycles. The summed E-state index contributed by atoms with van der Waals surface area (Å²) in [6.45, 7) is 2.48. The molecule has 80 valence electrons. The van der Waals surface area contributed by atoms with Gasteiger partial charge in [-0.1, -0.05) is 0 Å². The van der Waals surface area contributed by atoms with E-state index in [2.05, 4.69) is 5.10 Å². The Kier molecular flexibility index (Phi) is 2.55. The van der Waals surface area contributed by atoms with Crippen LogP contribution in [0.2, 0.25) is 0 Å². The van der Waals surface area contributed by atoms with Crippen molar-refractivity contribution in [1.29, 1.82) is 0 Å². The molecule has 0 unspecified atom stereocenters. The van der Waals surface area contributed by atoms with E-state index in [1.807, 2.05) is 6.92 Å². The topological polar surface area (TPSA) is 59.5 Å². The number of hydrogen-bond donors (Lipinski definition) is 1. The highest BCUT2D eigenvalue weighted by Crippen LogP contribution is 2.00. The molecule has 0 radical (unpaired) electrons. The fourth-order valence-electron chi connectivity index (χ4n) is 1.57. The Balaban J connectivity index is 2.50. The summed E-state index contributed by atoms with van der Waals surface area (Å²) in [5, 5.41) is 12.9. The predicted molar refractivity (Wildman–Crippen MR) is 55.9 cm³/mol. The minimum absolute atomic E-state index is 0.0634. The van der Waals surface area contributed by atoms with Crippen LogP contribution in [0.25, 0.3) is 5.52 Å². The van der Waals surface area contributed by atoms with E-state index in [1.54, 1.807) is 27.5 Å². The van der Waals surface area contributed by atoms with Gasteiger partial charge in [0.05, 0.1) is 5.69 Å². The summed E-state index contributed by atoms with van der Waals surface area (Å²) in [7, 11) is 0. The molecule has 0 spiro atoms. The normalized spacial score (nSPS) is 11.1. The van der Waals surface area contributed by atoms with Gasteiger partial charge in [0.2, 0.25) is 0 Å². The lowest BCUT2D eigenvalue weighted by Gasteiger charge is -2.03. The molecule has 0 amide bonds. The summed E-state index contributed by atoms with van der Waals surface area (Å²) in [6, 6.07) is 1.76. The monoisotopic (exact) mass is 207 g/mol. The largest absolute Gasteiger partial charge is 0.396 e. The van der Waals surface area contributed by atoms with Crippen molar-refractivity contribution < 1.29 is 5.11 Å². The fraction of sp³-hybridized carbons (Fsp3) is 0.400. The number of aliphatic hydroxyl groups excluding tert-OH is 1. The van der Waals surface area contributed by atoms with Gasteiger partial charge in [-0.05, 0) is 19.4 Å². The molecule has 15 heavy (non-hydrogen) atoms. The second-order valence-electron chi connectivity index (χ2n) is 3.49. The lowest BCUT2D eigenvalue weighted by atomic mass is 10.4. The molecular formula is C10H13N3O2. The zero-order chi connectivity index (χ0) is 10.8. The molecular weight excluding hydrogens is 194 g/mol. The van der Waals surface area contributed by atoms with Gasteiger partial charge in [0, 0.05) is 25.5 Å². The third-order valence-electron chi connectivity index (χ3n) is 2.28. The van der Waals surface area contributed by atoms with Gasteiger partial charge in [-0.2, -0.15) is 5.10 Å². The predicted octanol–water partition coefficient (Wildman–Crippen LogP) is 0.187. The van der Waals surface area contributed by atoms with E-state index in [0.717, 1.165) is 5.69 Å². The standard InChI is InChI=1S/C10H13N3O2/c1-8-7-9-10(15)12(3-2-6-14)4-5-13(9)11-8/h4-5,7,14H,2-3,6H2,1H3. The average Bonchev–Trinajstić information content (AvgIpc) is 2.59. The van der Waals surface area contributed by atoms with E-state index in [-0.39, 0.29) is 12.2 Å². The van der Waals surface area contributed by atoms with Crippen LogP contribution in [0.4, 0.5) is 0 Å². The van der Waals surface area contributed by atoms with Crippen LogP contribution >= 0.6 is 0 Å². The van der Waals surface area contributed by atoms with E-state index in [9.17, 15) is 4.79 Å². The Bertz CT molecular complexity index is 527. The lowest BCUT2D eigenvalue weighted by molar-refractivity contribution is 0.279.